The fraction of sp³-hybridized carbons (Fsp3) is 0.536. The molecule has 2 aromatic rings. The summed E-state index contributed by atoms with van der Waals surface area (Å²) < 4.78 is 1.75. The number of rotatable bonds is 5. The number of nitrogens with zero attached hydrogens (tertiary/aromatic N) is 5. The molecule has 3 atom stereocenters. The molecule has 1 saturated heterocycles. The van der Waals surface area contributed by atoms with E-state index in [0.29, 0.717) is 11.5 Å². The zero-order valence-electron chi connectivity index (χ0n) is 23.9. The van der Waals surface area contributed by atoms with Crippen molar-refractivity contribution in [2.75, 3.05) is 14.1 Å². The molecular weight excluding hydrogens is 496 g/mol. The molecule has 2 aromatic heterocycles. The molecule has 3 N–H and O–H groups in total. The highest BCUT2D eigenvalue weighted by atomic mass is 32.2. The summed E-state index contributed by atoms with van der Waals surface area (Å²) in [4.78, 5) is 18.0. The second-order valence-corrected chi connectivity index (χ2v) is 10.1. The van der Waals surface area contributed by atoms with Crippen molar-refractivity contribution in [3.05, 3.63) is 41.9 Å². The van der Waals surface area contributed by atoms with Gasteiger partial charge in [-0.15, -0.1) is 0 Å². The van der Waals surface area contributed by atoms with Gasteiger partial charge < -0.3 is 10.3 Å². The van der Waals surface area contributed by atoms with Crippen LogP contribution in [0.3, 0.4) is 0 Å². The van der Waals surface area contributed by atoms with Gasteiger partial charge in [-0.2, -0.15) is 5.10 Å². The van der Waals surface area contributed by atoms with E-state index in [9.17, 15) is 4.79 Å². The monoisotopic (exact) mass is 538 g/mol. The number of carbonyl (C=O) groups excluding carboxylic acids is 1. The SMILES string of the molecule is CC.CC.CCC1NN(C)C=C1c1cc(-c2ccn(C)n2)ncc1C(=O)NC1NN(C)C(C#CC2CC2)S1. The average Bonchev–Trinajstić information content (AvgIpc) is 3.37. The number of hydrogen-bond donors (Lipinski definition) is 3. The first-order chi connectivity index (χ1) is 18.4. The van der Waals surface area contributed by atoms with Crippen LogP contribution in [0.5, 0.6) is 0 Å². The highest BCUT2D eigenvalue weighted by Crippen LogP contribution is 2.32. The molecule has 9 nitrogen and oxygen atoms in total. The maximum Gasteiger partial charge on any atom is 0.255 e. The topological polar surface area (TPSA) is 90.3 Å². The molecule has 5 rings (SSSR count). The van der Waals surface area contributed by atoms with Gasteiger partial charge in [0, 0.05) is 45.7 Å². The van der Waals surface area contributed by atoms with Gasteiger partial charge in [-0.1, -0.05) is 58.2 Å². The van der Waals surface area contributed by atoms with Crippen LogP contribution in [-0.2, 0) is 7.05 Å². The Kier molecular flexibility index (Phi) is 10.8. The molecule has 0 bridgehead atoms. The van der Waals surface area contributed by atoms with Crippen molar-refractivity contribution in [3.63, 3.8) is 0 Å². The van der Waals surface area contributed by atoms with E-state index in [4.69, 9.17) is 0 Å². The number of hydrogen-bond acceptors (Lipinski definition) is 8. The largest absolute Gasteiger partial charge is 0.327 e. The van der Waals surface area contributed by atoms with Crippen LogP contribution in [0.1, 0.15) is 69.8 Å². The van der Waals surface area contributed by atoms with Crippen molar-refractivity contribution in [1.82, 2.24) is 41.0 Å². The summed E-state index contributed by atoms with van der Waals surface area (Å²) in [7, 11) is 5.80. The van der Waals surface area contributed by atoms with Crippen LogP contribution in [0.15, 0.2) is 30.7 Å². The summed E-state index contributed by atoms with van der Waals surface area (Å²) >= 11 is 1.60. The number of aryl methyl sites for hydroxylation is 1. The fourth-order valence-corrected chi connectivity index (χ4v) is 5.14. The number of thioether (sulfide) groups is 1. The lowest BCUT2D eigenvalue weighted by atomic mass is 9.94. The smallest absolute Gasteiger partial charge is 0.255 e. The standard InChI is InChI=1S/C24H30N8OS.2C2H6/c1-5-19-18(14-31(3)27-19)16-12-21(20-10-11-30(2)28-20)25-13-17(16)23(33)26-24-29-32(4)22(34-24)9-8-15-6-7-15;2*1-2/h10-15,19,22,24,27,29H,5-7H2,1-4H3,(H,26,33);2*1-2H3. The molecule has 1 amide bonds. The quantitative estimate of drug-likeness (QED) is 0.492. The van der Waals surface area contributed by atoms with Crippen LogP contribution in [-0.4, -0.2) is 61.7 Å². The summed E-state index contributed by atoms with van der Waals surface area (Å²) in [5.74, 6) is 7.01. The van der Waals surface area contributed by atoms with Crippen LogP contribution in [0.4, 0.5) is 0 Å². The van der Waals surface area contributed by atoms with Gasteiger partial charge >= 0.3 is 0 Å². The first kappa shape index (κ1) is 29.7. The van der Waals surface area contributed by atoms with Crippen LogP contribution in [0.25, 0.3) is 17.0 Å². The molecule has 2 fully saturated rings. The van der Waals surface area contributed by atoms with Crippen molar-refractivity contribution in [3.8, 4) is 23.2 Å². The lowest BCUT2D eigenvalue weighted by molar-refractivity contribution is 0.0933. The molecule has 0 aromatic carbocycles. The molecule has 1 aliphatic carbocycles. The highest BCUT2D eigenvalue weighted by Gasteiger charge is 2.32. The van der Waals surface area contributed by atoms with E-state index in [1.807, 2.05) is 83.4 Å². The van der Waals surface area contributed by atoms with Crippen LogP contribution < -0.4 is 16.2 Å². The molecule has 0 radical (unpaired) electrons. The number of amides is 1. The Labute approximate surface area is 231 Å². The van der Waals surface area contributed by atoms with Crippen molar-refractivity contribution in [2.45, 2.75) is 70.8 Å². The van der Waals surface area contributed by atoms with Gasteiger partial charge in [-0.05, 0) is 42.5 Å². The minimum atomic E-state index is -0.264. The molecule has 2 aliphatic heterocycles. The van der Waals surface area contributed by atoms with E-state index in [0.717, 1.165) is 28.9 Å². The lowest BCUT2D eigenvalue weighted by Crippen LogP contribution is -2.44. The Morgan fingerprint density at radius 1 is 1.13 bits per heavy atom. The van der Waals surface area contributed by atoms with Gasteiger partial charge in [-0.3, -0.25) is 14.5 Å². The first-order valence-electron chi connectivity index (χ1n) is 13.6. The average molecular weight is 539 g/mol. The summed E-state index contributed by atoms with van der Waals surface area (Å²) in [5.41, 5.74) is 10.4. The van der Waals surface area contributed by atoms with Crippen molar-refractivity contribution in [1.29, 1.82) is 0 Å². The first-order valence-corrected chi connectivity index (χ1v) is 14.5. The predicted octanol–water partition coefficient (Wildman–Crippen LogP) is 4.04. The molecule has 206 valence electrons. The Hall–Kier alpha value is -2.84. The van der Waals surface area contributed by atoms with E-state index in [2.05, 4.69) is 45.0 Å². The summed E-state index contributed by atoms with van der Waals surface area (Å²) in [6.45, 7) is 10.1. The third kappa shape index (κ3) is 7.17. The molecule has 4 heterocycles. The summed E-state index contributed by atoms with van der Waals surface area (Å²) in [5, 5.41) is 11.5. The van der Waals surface area contributed by atoms with Gasteiger partial charge in [0.25, 0.3) is 5.91 Å². The number of hydrazine groups is 2. The lowest BCUT2D eigenvalue weighted by Gasteiger charge is -2.19. The van der Waals surface area contributed by atoms with Gasteiger partial charge in [-0.25, -0.2) is 15.9 Å². The van der Waals surface area contributed by atoms with E-state index < -0.39 is 0 Å². The Morgan fingerprint density at radius 3 is 2.50 bits per heavy atom. The maximum absolute atomic E-state index is 13.5. The zero-order valence-corrected chi connectivity index (χ0v) is 24.7. The number of aromatic nitrogens is 3. The Morgan fingerprint density at radius 2 is 1.87 bits per heavy atom. The second kappa shape index (κ2) is 13.8. The highest BCUT2D eigenvalue weighted by molar-refractivity contribution is 8.00. The molecule has 3 aliphatic rings. The van der Waals surface area contributed by atoms with Crippen LogP contribution >= 0.6 is 11.8 Å². The molecule has 0 spiro atoms. The number of carbonyl (C=O) groups is 1. The van der Waals surface area contributed by atoms with Crippen LogP contribution in [0, 0.1) is 17.8 Å². The van der Waals surface area contributed by atoms with Gasteiger partial charge in [0.15, 0.2) is 0 Å². The van der Waals surface area contributed by atoms with Gasteiger partial charge in [0.2, 0.25) is 0 Å². The second-order valence-electron chi connectivity index (χ2n) is 8.92. The van der Waals surface area contributed by atoms with Gasteiger partial charge in [0.05, 0.1) is 17.3 Å². The van der Waals surface area contributed by atoms with Crippen molar-refractivity contribution >= 4 is 23.2 Å². The van der Waals surface area contributed by atoms with Crippen LogP contribution in [0.2, 0.25) is 0 Å². The van der Waals surface area contributed by atoms with E-state index in [1.165, 1.54) is 12.8 Å². The molecule has 3 unspecified atom stereocenters. The summed E-state index contributed by atoms with van der Waals surface area (Å²) in [6.07, 6.45) is 8.88. The Balaban J connectivity index is 0.000000956. The van der Waals surface area contributed by atoms with Crippen molar-refractivity contribution in [2.24, 2.45) is 13.0 Å². The zero-order chi connectivity index (χ0) is 27.8. The van der Waals surface area contributed by atoms with E-state index in [1.54, 1.807) is 22.6 Å². The predicted molar refractivity (Wildman–Crippen MR) is 156 cm³/mol. The fourth-order valence-electron chi connectivity index (χ4n) is 4.10. The molecular formula is C28H42N8OS. The molecule has 10 heteroatoms. The molecule has 38 heavy (non-hydrogen) atoms. The minimum absolute atomic E-state index is 0.00916. The third-order valence-electron chi connectivity index (χ3n) is 6.10. The Bertz CT molecular complexity index is 1180. The minimum Gasteiger partial charge on any atom is -0.327 e. The van der Waals surface area contributed by atoms with E-state index >= 15 is 0 Å². The molecule has 1 saturated carbocycles. The van der Waals surface area contributed by atoms with Gasteiger partial charge in [0.1, 0.15) is 16.6 Å². The third-order valence-corrected chi connectivity index (χ3v) is 7.29. The summed E-state index contributed by atoms with van der Waals surface area (Å²) in [6, 6.07) is 4.01. The maximum atomic E-state index is 13.5. The van der Waals surface area contributed by atoms with E-state index in [-0.39, 0.29) is 22.8 Å². The number of nitrogens with one attached hydrogen (secondary N) is 3. The number of pyridine rings is 1. The normalized spacial score (nSPS) is 22.4. The van der Waals surface area contributed by atoms with Crippen molar-refractivity contribution < 1.29 is 4.79 Å².